The number of ether oxygens (including phenoxy) is 2. The van der Waals surface area contributed by atoms with E-state index in [4.69, 9.17) is 15.2 Å². The van der Waals surface area contributed by atoms with Crippen LogP contribution in [0.4, 0.5) is 4.39 Å². The molecule has 0 aliphatic carbocycles. The number of carbonyl (C=O) groups is 1. The summed E-state index contributed by atoms with van der Waals surface area (Å²) in [6.07, 6.45) is 1.05. The van der Waals surface area contributed by atoms with Gasteiger partial charge in [0.2, 0.25) is 5.91 Å². The number of amides is 1. The van der Waals surface area contributed by atoms with Crippen molar-refractivity contribution in [2.75, 3.05) is 13.2 Å². The zero-order valence-corrected chi connectivity index (χ0v) is 22.9. The molecule has 1 amide bonds. The molecule has 9 heteroatoms. The minimum absolute atomic E-state index is 0.0412. The fourth-order valence-corrected chi connectivity index (χ4v) is 4.51. The Hall–Kier alpha value is -3.59. The summed E-state index contributed by atoms with van der Waals surface area (Å²) in [5, 5.41) is 14.3. The number of hydrogen-bond donors (Lipinski definition) is 3. The molecule has 2 aromatic rings. The van der Waals surface area contributed by atoms with Gasteiger partial charge in [-0.25, -0.2) is 9.38 Å². The van der Waals surface area contributed by atoms with Crippen LogP contribution >= 0.6 is 0 Å². The lowest BCUT2D eigenvalue weighted by Crippen LogP contribution is -2.48. The molecular weight excluding hydrogens is 487 g/mol. The molecule has 0 aromatic heterocycles. The predicted octanol–water partition coefficient (Wildman–Crippen LogP) is 4.52. The van der Waals surface area contributed by atoms with E-state index in [-0.39, 0.29) is 31.1 Å². The number of halogens is 1. The molecule has 4 rings (SSSR count). The highest BCUT2D eigenvalue weighted by molar-refractivity contribution is 5.98. The summed E-state index contributed by atoms with van der Waals surface area (Å²) in [5.41, 5.74) is 7.31. The minimum Gasteiger partial charge on any atom is -0.494 e. The van der Waals surface area contributed by atoms with Gasteiger partial charge in [-0.1, -0.05) is 27.4 Å². The number of fused-ring (bicyclic) bond motifs is 1. The molecular formula is C29H39FN4O4. The van der Waals surface area contributed by atoms with Crippen LogP contribution in [0.15, 0.2) is 48.0 Å². The molecule has 0 saturated heterocycles. The summed E-state index contributed by atoms with van der Waals surface area (Å²) in [6.45, 7) is 14.3. The Labute approximate surface area is 224 Å². The van der Waals surface area contributed by atoms with Gasteiger partial charge in [-0.05, 0) is 62.2 Å². The summed E-state index contributed by atoms with van der Waals surface area (Å²) in [4.78, 5) is 18.7. The van der Waals surface area contributed by atoms with Gasteiger partial charge in [0.25, 0.3) is 0 Å². The largest absolute Gasteiger partial charge is 0.494 e. The summed E-state index contributed by atoms with van der Waals surface area (Å²) >= 11 is 0. The van der Waals surface area contributed by atoms with Crippen molar-refractivity contribution in [2.45, 2.75) is 71.7 Å². The zero-order chi connectivity index (χ0) is 28.0. The monoisotopic (exact) mass is 526 g/mol. The number of aliphatic hydroxyl groups is 1. The molecule has 3 atom stereocenters. The molecule has 0 saturated carbocycles. The second-order valence-corrected chi connectivity index (χ2v) is 9.37. The first kappa shape index (κ1) is 29.0. The van der Waals surface area contributed by atoms with Gasteiger partial charge in [-0.15, -0.1) is 0 Å². The number of nitrogens with zero attached hydrogens (tertiary/aromatic N) is 2. The number of carbonyl (C=O) groups excluding carboxylic acids is 1. The maximum Gasteiger partial charge on any atom is 0.231 e. The lowest BCUT2D eigenvalue weighted by Gasteiger charge is -2.39. The van der Waals surface area contributed by atoms with Crippen LogP contribution in [-0.4, -0.2) is 46.7 Å². The first-order valence-electron chi connectivity index (χ1n) is 13.1. The second-order valence-electron chi connectivity index (χ2n) is 9.37. The lowest BCUT2D eigenvalue weighted by atomic mass is 9.87. The molecule has 2 aromatic carbocycles. The zero-order valence-electron chi connectivity index (χ0n) is 22.9. The fraction of sp³-hybridized carbons (Fsp3) is 0.448. The van der Waals surface area contributed by atoms with E-state index in [1.54, 1.807) is 13.0 Å². The predicted molar refractivity (Wildman–Crippen MR) is 147 cm³/mol. The maximum atomic E-state index is 14.0. The van der Waals surface area contributed by atoms with Crippen LogP contribution in [0.2, 0.25) is 0 Å². The van der Waals surface area contributed by atoms with E-state index in [9.17, 15) is 14.3 Å². The molecule has 8 nitrogen and oxygen atoms in total. The summed E-state index contributed by atoms with van der Waals surface area (Å²) in [6, 6.07) is 8.99. The van der Waals surface area contributed by atoms with Gasteiger partial charge < -0.3 is 25.6 Å². The van der Waals surface area contributed by atoms with E-state index in [1.807, 2.05) is 45.9 Å². The second kappa shape index (κ2) is 12.3. The Bertz CT molecular complexity index is 1200. The Morgan fingerprint density at radius 3 is 2.71 bits per heavy atom. The lowest BCUT2D eigenvalue weighted by molar-refractivity contribution is -0.128. The van der Waals surface area contributed by atoms with Crippen LogP contribution in [0, 0.1) is 5.82 Å². The number of nitrogens with two attached hydrogens (primary N) is 1. The Morgan fingerprint density at radius 1 is 1.32 bits per heavy atom. The number of guanidine groups is 1. The third-order valence-electron chi connectivity index (χ3n) is 6.55. The van der Waals surface area contributed by atoms with E-state index < -0.39 is 17.5 Å². The maximum absolute atomic E-state index is 14.0. The molecule has 2 aliphatic rings. The fourth-order valence-electron chi connectivity index (χ4n) is 4.51. The first-order chi connectivity index (χ1) is 18.1. The van der Waals surface area contributed by atoms with Gasteiger partial charge in [-0.2, -0.15) is 0 Å². The molecule has 0 radical (unpaired) electrons. The van der Waals surface area contributed by atoms with Gasteiger partial charge in [-0.3, -0.25) is 9.69 Å². The first-order valence-corrected chi connectivity index (χ1v) is 13.1. The topological polar surface area (TPSA) is 109 Å². The smallest absolute Gasteiger partial charge is 0.231 e. The van der Waals surface area contributed by atoms with Crippen molar-refractivity contribution < 1.29 is 23.8 Å². The molecule has 206 valence electrons. The number of benzene rings is 2. The van der Waals surface area contributed by atoms with Crippen LogP contribution in [0.3, 0.4) is 0 Å². The van der Waals surface area contributed by atoms with E-state index >= 15 is 0 Å². The van der Waals surface area contributed by atoms with Crippen LogP contribution in [-0.2, 0) is 11.3 Å². The van der Waals surface area contributed by atoms with Crippen LogP contribution in [0.1, 0.15) is 70.2 Å². The van der Waals surface area contributed by atoms with Crippen molar-refractivity contribution in [3.8, 4) is 11.5 Å². The molecule has 0 bridgehead atoms. The number of rotatable bonds is 8. The molecule has 3 unspecified atom stereocenters. The summed E-state index contributed by atoms with van der Waals surface area (Å²) < 4.78 is 25.5. The Kier molecular flexibility index (Phi) is 9.38. The average Bonchev–Trinajstić information content (AvgIpc) is 2.89. The van der Waals surface area contributed by atoms with Gasteiger partial charge in [0, 0.05) is 23.2 Å². The molecule has 0 spiro atoms. The summed E-state index contributed by atoms with van der Waals surface area (Å²) in [5.74, 6) is 0.810. The molecule has 2 aliphatic heterocycles. The highest BCUT2D eigenvalue weighted by Gasteiger charge is 2.40. The SMILES string of the molecule is C=C(NC1c2cc(F)ccc2OCC1(C)O)c1ccc(OCC)c(CN2C(=O)CC(CC)N=C2N)c1.CC. The normalized spacial score (nSPS) is 22.3. The molecule has 2 heterocycles. The summed E-state index contributed by atoms with van der Waals surface area (Å²) in [7, 11) is 0. The van der Waals surface area contributed by atoms with Crippen LogP contribution in [0.25, 0.3) is 5.70 Å². The standard InChI is InChI=1S/C27H33FN4O4.C2H6/c1-5-20-13-24(33)32(26(29)31-20)14-18-11-17(7-9-22(18)35-6-2)16(3)30-25-21-12-19(28)8-10-23(21)36-15-27(25,4)34;1-2/h7-12,20,25,30,34H,3,5-6,13-15H2,1-2,4H3,(H2,29,31);1-2H3. The van der Waals surface area contributed by atoms with Crippen molar-refractivity contribution in [3.63, 3.8) is 0 Å². The van der Waals surface area contributed by atoms with Crippen LogP contribution in [0.5, 0.6) is 11.5 Å². The quantitative estimate of drug-likeness (QED) is 0.467. The number of aliphatic imine (C=N–C) groups is 1. The van der Waals surface area contributed by atoms with Gasteiger partial charge >= 0.3 is 0 Å². The minimum atomic E-state index is -1.31. The number of nitrogens with one attached hydrogen (secondary N) is 1. The molecule has 38 heavy (non-hydrogen) atoms. The molecule has 4 N–H and O–H groups in total. The van der Waals surface area contributed by atoms with Gasteiger partial charge in [0.05, 0.1) is 25.2 Å². The van der Waals surface area contributed by atoms with E-state index in [1.165, 1.54) is 17.0 Å². The van der Waals surface area contributed by atoms with E-state index in [0.717, 1.165) is 17.5 Å². The highest BCUT2D eigenvalue weighted by Crippen LogP contribution is 2.39. The third kappa shape index (κ3) is 6.27. The van der Waals surface area contributed by atoms with Crippen LogP contribution < -0.4 is 20.5 Å². The van der Waals surface area contributed by atoms with Crippen molar-refractivity contribution >= 4 is 17.6 Å². The Balaban J connectivity index is 0.00000195. The van der Waals surface area contributed by atoms with Crippen molar-refractivity contribution in [1.29, 1.82) is 0 Å². The number of hydrogen-bond acceptors (Lipinski definition) is 7. The van der Waals surface area contributed by atoms with E-state index in [0.29, 0.717) is 35.8 Å². The van der Waals surface area contributed by atoms with Gasteiger partial charge in [0.1, 0.15) is 29.5 Å². The van der Waals surface area contributed by atoms with Crippen molar-refractivity contribution in [2.24, 2.45) is 10.7 Å². The third-order valence-corrected chi connectivity index (χ3v) is 6.55. The van der Waals surface area contributed by atoms with Gasteiger partial charge in [0.15, 0.2) is 5.96 Å². The highest BCUT2D eigenvalue weighted by atomic mass is 19.1. The average molecular weight is 527 g/mol. The Morgan fingerprint density at radius 2 is 2.05 bits per heavy atom. The van der Waals surface area contributed by atoms with Crippen molar-refractivity contribution in [1.82, 2.24) is 10.2 Å². The molecule has 0 fully saturated rings. The van der Waals surface area contributed by atoms with Crippen molar-refractivity contribution in [3.05, 3.63) is 65.5 Å². The van der Waals surface area contributed by atoms with E-state index in [2.05, 4.69) is 16.9 Å².